The fourth-order valence-corrected chi connectivity index (χ4v) is 3.81. The molecule has 0 fully saturated rings. The third kappa shape index (κ3) is 2.63. The predicted octanol–water partition coefficient (Wildman–Crippen LogP) is 3.96. The second-order valence-electron chi connectivity index (χ2n) is 4.08. The van der Waals surface area contributed by atoms with Gasteiger partial charge in [0.25, 0.3) is 5.91 Å². The summed E-state index contributed by atoms with van der Waals surface area (Å²) in [5.41, 5.74) is -0.0993. The Morgan fingerprint density at radius 1 is 1.29 bits per heavy atom. The van der Waals surface area contributed by atoms with Gasteiger partial charge in [-0.2, -0.15) is 4.37 Å². The lowest BCUT2D eigenvalue weighted by Crippen LogP contribution is -2.09. The Kier molecular flexibility index (Phi) is 3.62. The molecule has 0 bridgehead atoms. The van der Waals surface area contributed by atoms with Crippen molar-refractivity contribution < 1.29 is 14.7 Å². The first-order valence-corrected chi connectivity index (χ1v) is 7.71. The molecule has 8 heteroatoms. The van der Waals surface area contributed by atoms with Crippen molar-refractivity contribution in [3.05, 3.63) is 45.9 Å². The van der Waals surface area contributed by atoms with E-state index in [4.69, 9.17) is 16.7 Å². The lowest BCUT2D eigenvalue weighted by Gasteiger charge is -1.99. The van der Waals surface area contributed by atoms with Gasteiger partial charge in [-0.3, -0.25) is 4.79 Å². The van der Waals surface area contributed by atoms with E-state index in [0.717, 1.165) is 21.6 Å². The van der Waals surface area contributed by atoms with Gasteiger partial charge in [0, 0.05) is 16.2 Å². The van der Waals surface area contributed by atoms with Crippen LogP contribution in [0.4, 0.5) is 5.00 Å². The number of thiophene rings is 1. The second-order valence-corrected chi connectivity index (χ2v) is 6.31. The molecule has 2 aromatic heterocycles. The number of carbonyl (C=O) groups is 2. The molecule has 0 aliphatic carbocycles. The number of nitrogens with one attached hydrogen (secondary N) is 1. The van der Waals surface area contributed by atoms with Crippen molar-refractivity contribution in [2.75, 3.05) is 5.32 Å². The number of halogens is 1. The van der Waals surface area contributed by atoms with Gasteiger partial charge in [0.1, 0.15) is 9.88 Å². The Balaban J connectivity index is 1.89. The summed E-state index contributed by atoms with van der Waals surface area (Å²) in [5, 5.41) is 13.0. The zero-order chi connectivity index (χ0) is 15.0. The quantitative estimate of drug-likeness (QED) is 0.757. The molecule has 0 unspecified atom stereocenters. The van der Waals surface area contributed by atoms with Crippen LogP contribution in [0.5, 0.6) is 0 Å². The molecule has 0 saturated heterocycles. The van der Waals surface area contributed by atoms with E-state index in [2.05, 4.69) is 9.69 Å². The molecule has 106 valence electrons. The van der Waals surface area contributed by atoms with Gasteiger partial charge in [-0.1, -0.05) is 29.8 Å². The standard InChI is InChI=1S/C13H7ClN2O3S2/c14-10-6-3-1-2-4-8(6)20-11(10)12(17)15-9-5-7(13(18)19)16-21-9/h1-5H,(H,15,17)(H,18,19). The molecule has 5 nitrogen and oxygen atoms in total. The zero-order valence-electron chi connectivity index (χ0n) is 10.3. The van der Waals surface area contributed by atoms with Crippen LogP contribution < -0.4 is 5.32 Å². The highest BCUT2D eigenvalue weighted by Gasteiger charge is 2.18. The molecule has 0 spiro atoms. The van der Waals surface area contributed by atoms with E-state index >= 15 is 0 Å². The minimum atomic E-state index is -1.13. The minimum absolute atomic E-state index is 0.0993. The van der Waals surface area contributed by atoms with Crippen LogP contribution in [0.15, 0.2) is 30.3 Å². The number of carboxylic acid groups (broad SMARTS) is 1. The number of carbonyl (C=O) groups excluding carboxylic acids is 1. The number of aromatic nitrogens is 1. The molecule has 21 heavy (non-hydrogen) atoms. The molecule has 0 aliphatic heterocycles. The van der Waals surface area contributed by atoms with Crippen molar-refractivity contribution in [3.63, 3.8) is 0 Å². The molecule has 2 heterocycles. The molecular weight excluding hydrogens is 332 g/mol. The second kappa shape index (κ2) is 5.44. The van der Waals surface area contributed by atoms with Crippen LogP contribution in [0.3, 0.4) is 0 Å². The molecule has 1 amide bonds. The van der Waals surface area contributed by atoms with Crippen molar-refractivity contribution in [2.45, 2.75) is 0 Å². The number of anilines is 1. The maximum atomic E-state index is 12.2. The van der Waals surface area contributed by atoms with Gasteiger partial charge < -0.3 is 10.4 Å². The monoisotopic (exact) mass is 338 g/mol. The van der Waals surface area contributed by atoms with Gasteiger partial charge >= 0.3 is 5.97 Å². The number of hydrogen-bond donors (Lipinski definition) is 2. The van der Waals surface area contributed by atoms with Crippen LogP contribution >= 0.6 is 34.5 Å². The van der Waals surface area contributed by atoms with Crippen molar-refractivity contribution in [1.82, 2.24) is 4.37 Å². The number of nitrogens with zero attached hydrogens (tertiary/aromatic N) is 1. The highest BCUT2D eigenvalue weighted by molar-refractivity contribution is 7.21. The summed E-state index contributed by atoms with van der Waals surface area (Å²) in [6.07, 6.45) is 0. The Morgan fingerprint density at radius 3 is 2.71 bits per heavy atom. The molecule has 3 aromatic rings. The smallest absolute Gasteiger partial charge is 0.355 e. The van der Waals surface area contributed by atoms with E-state index in [-0.39, 0.29) is 11.6 Å². The maximum absolute atomic E-state index is 12.2. The first-order chi connectivity index (χ1) is 10.1. The normalized spacial score (nSPS) is 10.7. The summed E-state index contributed by atoms with van der Waals surface area (Å²) >= 11 is 8.42. The Morgan fingerprint density at radius 2 is 2.05 bits per heavy atom. The van der Waals surface area contributed by atoms with E-state index < -0.39 is 5.97 Å². The summed E-state index contributed by atoms with van der Waals surface area (Å²) in [4.78, 5) is 23.4. The molecule has 1 aromatic carbocycles. The summed E-state index contributed by atoms with van der Waals surface area (Å²) < 4.78 is 4.65. The zero-order valence-corrected chi connectivity index (χ0v) is 12.7. The van der Waals surface area contributed by atoms with E-state index in [0.29, 0.717) is 14.9 Å². The fourth-order valence-electron chi connectivity index (χ4n) is 1.76. The SMILES string of the molecule is O=C(O)c1cc(NC(=O)c2sc3ccccc3c2Cl)sn1. The first kappa shape index (κ1) is 14.0. The molecule has 2 N–H and O–H groups in total. The van der Waals surface area contributed by atoms with Gasteiger partial charge in [-0.05, 0) is 17.6 Å². The third-order valence-corrected chi connectivity index (χ3v) is 5.09. The highest BCUT2D eigenvalue weighted by Crippen LogP contribution is 2.35. The van der Waals surface area contributed by atoms with Gasteiger partial charge in [-0.25, -0.2) is 4.79 Å². The largest absolute Gasteiger partial charge is 0.476 e. The van der Waals surface area contributed by atoms with E-state index in [9.17, 15) is 9.59 Å². The molecule has 0 atom stereocenters. The topological polar surface area (TPSA) is 79.3 Å². The summed E-state index contributed by atoms with van der Waals surface area (Å²) in [5.74, 6) is -1.51. The summed E-state index contributed by atoms with van der Waals surface area (Å²) in [6.45, 7) is 0. The minimum Gasteiger partial charge on any atom is -0.476 e. The number of benzene rings is 1. The van der Waals surface area contributed by atoms with Crippen molar-refractivity contribution in [3.8, 4) is 0 Å². The van der Waals surface area contributed by atoms with E-state index in [1.807, 2.05) is 24.3 Å². The van der Waals surface area contributed by atoms with Crippen molar-refractivity contribution in [1.29, 1.82) is 0 Å². The van der Waals surface area contributed by atoms with Crippen LogP contribution in [-0.2, 0) is 0 Å². The highest BCUT2D eigenvalue weighted by atomic mass is 35.5. The fraction of sp³-hybridized carbons (Fsp3) is 0. The molecule has 3 rings (SSSR count). The molecule has 0 aliphatic rings. The van der Waals surface area contributed by atoms with Gasteiger partial charge in [-0.15, -0.1) is 11.3 Å². The summed E-state index contributed by atoms with van der Waals surface area (Å²) in [6, 6.07) is 8.77. The van der Waals surface area contributed by atoms with E-state index in [1.54, 1.807) is 0 Å². The van der Waals surface area contributed by atoms with E-state index in [1.165, 1.54) is 17.4 Å². The molecule has 0 saturated carbocycles. The molecular formula is C13H7ClN2O3S2. The maximum Gasteiger partial charge on any atom is 0.355 e. The van der Waals surface area contributed by atoms with Crippen LogP contribution in [0, 0.1) is 0 Å². The number of amides is 1. The Hall–Kier alpha value is -1.96. The third-order valence-electron chi connectivity index (χ3n) is 2.71. The number of aromatic carboxylic acids is 1. The summed E-state index contributed by atoms with van der Waals surface area (Å²) in [7, 11) is 0. The van der Waals surface area contributed by atoms with Crippen molar-refractivity contribution >= 4 is 61.4 Å². The average Bonchev–Trinajstić information content (AvgIpc) is 3.05. The van der Waals surface area contributed by atoms with Crippen LogP contribution in [0.1, 0.15) is 20.2 Å². The van der Waals surface area contributed by atoms with Gasteiger partial charge in [0.05, 0.1) is 5.02 Å². The number of rotatable bonds is 3. The van der Waals surface area contributed by atoms with Crippen LogP contribution in [0.2, 0.25) is 5.02 Å². The number of carboxylic acids is 1. The Bertz CT molecular complexity index is 856. The average molecular weight is 339 g/mol. The Labute approximate surface area is 132 Å². The van der Waals surface area contributed by atoms with Gasteiger partial charge in [0.2, 0.25) is 0 Å². The molecule has 0 radical (unpaired) electrons. The predicted molar refractivity (Wildman–Crippen MR) is 83.9 cm³/mol. The lowest BCUT2D eigenvalue weighted by atomic mass is 10.2. The first-order valence-electron chi connectivity index (χ1n) is 5.74. The number of fused-ring (bicyclic) bond motifs is 1. The lowest BCUT2D eigenvalue weighted by molar-refractivity contribution is 0.0691. The number of hydrogen-bond acceptors (Lipinski definition) is 5. The van der Waals surface area contributed by atoms with Crippen LogP contribution in [-0.4, -0.2) is 21.4 Å². The van der Waals surface area contributed by atoms with Crippen LogP contribution in [0.25, 0.3) is 10.1 Å². The van der Waals surface area contributed by atoms with Crippen molar-refractivity contribution in [2.24, 2.45) is 0 Å². The van der Waals surface area contributed by atoms with Gasteiger partial charge in [0.15, 0.2) is 5.69 Å².